The van der Waals surface area contributed by atoms with Gasteiger partial charge in [0.05, 0.1) is 0 Å². The SMILES string of the molecule is CCCCCN(CCCCC)CCCc1cnc(N)nc1N. The zero-order valence-electron chi connectivity index (χ0n) is 14.4. The van der Waals surface area contributed by atoms with E-state index in [1.54, 1.807) is 6.20 Å². The number of nitrogen functional groups attached to an aromatic ring is 2. The third-order valence-electron chi connectivity index (χ3n) is 3.99. The van der Waals surface area contributed by atoms with Crippen LogP contribution < -0.4 is 11.5 Å². The van der Waals surface area contributed by atoms with Crippen LogP contribution in [-0.4, -0.2) is 34.5 Å². The van der Waals surface area contributed by atoms with Gasteiger partial charge in [-0.05, 0) is 45.3 Å². The van der Waals surface area contributed by atoms with Gasteiger partial charge in [0.2, 0.25) is 5.95 Å². The summed E-state index contributed by atoms with van der Waals surface area (Å²) >= 11 is 0. The van der Waals surface area contributed by atoms with Crippen LogP contribution in [0.15, 0.2) is 6.20 Å². The minimum absolute atomic E-state index is 0.252. The quantitative estimate of drug-likeness (QED) is 0.579. The van der Waals surface area contributed by atoms with Crippen molar-refractivity contribution < 1.29 is 0 Å². The van der Waals surface area contributed by atoms with Gasteiger partial charge in [0.1, 0.15) is 5.82 Å². The Morgan fingerprint density at radius 2 is 1.50 bits per heavy atom. The van der Waals surface area contributed by atoms with Crippen molar-refractivity contribution in [3.63, 3.8) is 0 Å². The van der Waals surface area contributed by atoms with Crippen molar-refractivity contribution in [2.75, 3.05) is 31.1 Å². The van der Waals surface area contributed by atoms with Gasteiger partial charge in [-0.3, -0.25) is 0 Å². The van der Waals surface area contributed by atoms with Crippen LogP contribution in [-0.2, 0) is 6.42 Å². The highest BCUT2D eigenvalue weighted by atomic mass is 15.1. The van der Waals surface area contributed by atoms with Crippen molar-refractivity contribution in [1.29, 1.82) is 0 Å². The standard InChI is InChI=1S/C17H33N5/c1-3-5-7-11-22(12-8-6-4-2)13-9-10-15-14-20-17(19)21-16(15)18/h14H,3-13H2,1-2H3,(H4,18,19,20,21). The van der Waals surface area contributed by atoms with E-state index >= 15 is 0 Å². The molecular weight excluding hydrogens is 274 g/mol. The smallest absolute Gasteiger partial charge is 0.221 e. The molecule has 0 amide bonds. The summed E-state index contributed by atoms with van der Waals surface area (Å²) in [6.07, 6.45) is 11.6. The first-order valence-electron chi connectivity index (χ1n) is 8.76. The number of hydrogen-bond donors (Lipinski definition) is 2. The molecule has 1 rings (SSSR count). The second-order valence-electron chi connectivity index (χ2n) is 6.00. The molecule has 0 saturated carbocycles. The molecule has 0 aliphatic heterocycles. The molecule has 5 heteroatoms. The molecule has 5 nitrogen and oxygen atoms in total. The molecule has 4 N–H and O–H groups in total. The van der Waals surface area contributed by atoms with Crippen LogP contribution in [0.1, 0.15) is 64.4 Å². The summed E-state index contributed by atoms with van der Waals surface area (Å²) in [5, 5.41) is 0. The van der Waals surface area contributed by atoms with Gasteiger partial charge < -0.3 is 16.4 Å². The van der Waals surface area contributed by atoms with Gasteiger partial charge in [-0.1, -0.05) is 39.5 Å². The van der Waals surface area contributed by atoms with E-state index in [4.69, 9.17) is 11.5 Å². The highest BCUT2D eigenvalue weighted by Crippen LogP contribution is 2.12. The van der Waals surface area contributed by atoms with Crippen LogP contribution in [0.2, 0.25) is 0 Å². The van der Waals surface area contributed by atoms with Gasteiger partial charge in [-0.2, -0.15) is 4.98 Å². The third-order valence-corrected chi connectivity index (χ3v) is 3.99. The number of aryl methyl sites for hydroxylation is 1. The molecule has 0 aromatic carbocycles. The lowest BCUT2D eigenvalue weighted by atomic mass is 10.1. The minimum atomic E-state index is 0.252. The Labute approximate surface area is 135 Å². The number of aromatic nitrogens is 2. The number of hydrogen-bond acceptors (Lipinski definition) is 5. The molecule has 1 heterocycles. The predicted octanol–water partition coefficient (Wildman–Crippen LogP) is 3.26. The summed E-state index contributed by atoms with van der Waals surface area (Å²) in [4.78, 5) is 10.7. The van der Waals surface area contributed by atoms with Gasteiger partial charge in [0.15, 0.2) is 0 Å². The molecule has 126 valence electrons. The van der Waals surface area contributed by atoms with E-state index < -0.39 is 0 Å². The molecule has 0 radical (unpaired) electrons. The van der Waals surface area contributed by atoms with Gasteiger partial charge in [0, 0.05) is 11.8 Å². The predicted molar refractivity (Wildman–Crippen MR) is 94.7 cm³/mol. The fourth-order valence-corrected chi connectivity index (χ4v) is 2.63. The molecule has 0 aliphatic carbocycles. The highest BCUT2D eigenvalue weighted by Gasteiger charge is 2.07. The third kappa shape index (κ3) is 7.59. The van der Waals surface area contributed by atoms with Crippen molar-refractivity contribution in [3.8, 4) is 0 Å². The number of unbranched alkanes of at least 4 members (excludes halogenated alkanes) is 4. The Hall–Kier alpha value is -1.36. The first-order valence-corrected chi connectivity index (χ1v) is 8.76. The lowest BCUT2D eigenvalue weighted by Gasteiger charge is -2.22. The average Bonchev–Trinajstić information content (AvgIpc) is 2.49. The first kappa shape index (κ1) is 18.7. The largest absolute Gasteiger partial charge is 0.383 e. The van der Waals surface area contributed by atoms with Crippen LogP contribution in [0, 0.1) is 0 Å². The summed E-state index contributed by atoms with van der Waals surface area (Å²) in [6, 6.07) is 0. The van der Waals surface area contributed by atoms with Gasteiger partial charge in [0.25, 0.3) is 0 Å². The van der Waals surface area contributed by atoms with Crippen molar-refractivity contribution in [2.45, 2.75) is 65.2 Å². The van der Waals surface area contributed by atoms with E-state index in [0.29, 0.717) is 5.82 Å². The van der Waals surface area contributed by atoms with Gasteiger partial charge in [-0.15, -0.1) is 0 Å². The van der Waals surface area contributed by atoms with Crippen molar-refractivity contribution in [1.82, 2.24) is 14.9 Å². The summed E-state index contributed by atoms with van der Waals surface area (Å²) in [6.45, 7) is 8.06. The van der Waals surface area contributed by atoms with E-state index in [1.165, 1.54) is 51.6 Å². The molecule has 0 unspecified atom stereocenters. The molecule has 1 aromatic rings. The molecule has 22 heavy (non-hydrogen) atoms. The zero-order valence-corrected chi connectivity index (χ0v) is 14.4. The lowest BCUT2D eigenvalue weighted by Crippen LogP contribution is -2.27. The zero-order chi connectivity index (χ0) is 16.2. The number of rotatable bonds is 12. The Morgan fingerprint density at radius 1 is 0.909 bits per heavy atom. The van der Waals surface area contributed by atoms with Gasteiger partial charge >= 0.3 is 0 Å². The molecule has 0 saturated heterocycles. The van der Waals surface area contributed by atoms with Crippen LogP contribution in [0.5, 0.6) is 0 Å². The monoisotopic (exact) mass is 307 g/mol. The number of nitrogens with two attached hydrogens (primary N) is 2. The van der Waals surface area contributed by atoms with Gasteiger partial charge in [-0.25, -0.2) is 4.98 Å². The normalized spacial score (nSPS) is 11.2. The van der Waals surface area contributed by atoms with Crippen molar-refractivity contribution in [3.05, 3.63) is 11.8 Å². The van der Waals surface area contributed by atoms with E-state index in [1.807, 2.05) is 0 Å². The summed E-state index contributed by atoms with van der Waals surface area (Å²) < 4.78 is 0. The number of anilines is 2. The summed E-state index contributed by atoms with van der Waals surface area (Å²) in [5.74, 6) is 0.776. The van der Waals surface area contributed by atoms with Crippen molar-refractivity contribution in [2.24, 2.45) is 0 Å². The molecule has 0 atom stereocenters. The lowest BCUT2D eigenvalue weighted by molar-refractivity contribution is 0.259. The Bertz CT molecular complexity index is 398. The maximum absolute atomic E-state index is 5.89. The minimum Gasteiger partial charge on any atom is -0.383 e. The molecular formula is C17H33N5. The summed E-state index contributed by atoms with van der Waals surface area (Å²) in [5.41, 5.74) is 12.4. The molecule has 0 spiro atoms. The van der Waals surface area contributed by atoms with Crippen molar-refractivity contribution >= 4 is 11.8 Å². The van der Waals surface area contributed by atoms with E-state index in [2.05, 4.69) is 28.7 Å². The fourth-order valence-electron chi connectivity index (χ4n) is 2.63. The van der Waals surface area contributed by atoms with Crippen LogP contribution >= 0.6 is 0 Å². The fraction of sp³-hybridized carbons (Fsp3) is 0.765. The second kappa shape index (κ2) is 11.2. The van der Waals surface area contributed by atoms with E-state index in [-0.39, 0.29) is 5.95 Å². The van der Waals surface area contributed by atoms with E-state index in [9.17, 15) is 0 Å². The van der Waals surface area contributed by atoms with Crippen LogP contribution in [0.4, 0.5) is 11.8 Å². The molecule has 0 bridgehead atoms. The molecule has 0 fully saturated rings. The topological polar surface area (TPSA) is 81.1 Å². The Balaban J connectivity index is 2.36. The highest BCUT2D eigenvalue weighted by molar-refractivity contribution is 5.41. The maximum Gasteiger partial charge on any atom is 0.221 e. The van der Waals surface area contributed by atoms with Crippen LogP contribution in [0.25, 0.3) is 0 Å². The van der Waals surface area contributed by atoms with E-state index in [0.717, 1.165) is 24.9 Å². The maximum atomic E-state index is 5.89. The first-order chi connectivity index (χ1) is 10.7. The second-order valence-corrected chi connectivity index (χ2v) is 6.00. The Morgan fingerprint density at radius 3 is 2.05 bits per heavy atom. The number of nitrogens with zero attached hydrogens (tertiary/aromatic N) is 3. The van der Waals surface area contributed by atoms with Crippen LogP contribution in [0.3, 0.4) is 0 Å². The Kier molecular flexibility index (Phi) is 9.55. The summed E-state index contributed by atoms with van der Waals surface area (Å²) in [7, 11) is 0. The molecule has 1 aromatic heterocycles. The molecule has 0 aliphatic rings. The average molecular weight is 307 g/mol.